The van der Waals surface area contributed by atoms with Gasteiger partial charge in [0.1, 0.15) is 11.9 Å². The molecule has 0 aliphatic carbocycles. The molecule has 0 amide bonds. The van der Waals surface area contributed by atoms with Crippen molar-refractivity contribution in [3.05, 3.63) is 52.8 Å². The van der Waals surface area contributed by atoms with Crippen molar-refractivity contribution in [2.45, 2.75) is 23.8 Å². The van der Waals surface area contributed by atoms with Crippen molar-refractivity contribution < 1.29 is 17.6 Å². The summed E-state index contributed by atoms with van der Waals surface area (Å²) < 4.78 is 38.5. The fourth-order valence-corrected chi connectivity index (χ4v) is 4.41. The summed E-state index contributed by atoms with van der Waals surface area (Å²) in [4.78, 5) is 21.5. The molecule has 1 unspecified atom stereocenters. The molecule has 0 saturated carbocycles. The lowest BCUT2D eigenvalue weighted by molar-refractivity contribution is 0.106. The molecule has 4 aromatic rings. The molecule has 144 valence electrons. The molecule has 0 spiro atoms. The zero-order valence-corrected chi connectivity index (χ0v) is 15.4. The van der Waals surface area contributed by atoms with Gasteiger partial charge in [-0.25, -0.2) is 18.2 Å². The topological polar surface area (TPSA) is 130 Å². The van der Waals surface area contributed by atoms with E-state index in [0.29, 0.717) is 11.2 Å². The van der Waals surface area contributed by atoms with E-state index < -0.39 is 15.8 Å². The third kappa shape index (κ3) is 2.96. The lowest BCUT2D eigenvalue weighted by Crippen LogP contribution is -2.12. The standard InChI is InChI=1S/C18H16N4O5S/c23-18-21-13-6-4-11(9-16(13)27-18)28(24,25)22-10-3-5-12-14(8-10)20-17(19-12)15-2-1-7-26-15/h3-6,8-9,15,22H,1-2,7H2,(H,19,20)(H,21,23). The van der Waals surface area contributed by atoms with Crippen molar-refractivity contribution in [1.29, 1.82) is 0 Å². The van der Waals surface area contributed by atoms with Crippen LogP contribution in [0.15, 0.2) is 50.5 Å². The normalized spacial score (nSPS) is 17.5. The summed E-state index contributed by atoms with van der Waals surface area (Å²) in [6.45, 7) is 0.721. The average molecular weight is 400 g/mol. The number of sulfonamides is 1. The fraction of sp³-hybridized carbons (Fsp3) is 0.222. The number of benzene rings is 2. The second kappa shape index (κ2) is 6.21. The van der Waals surface area contributed by atoms with E-state index in [1.165, 1.54) is 18.2 Å². The Bertz CT molecular complexity index is 1350. The maximum absolute atomic E-state index is 12.7. The maximum Gasteiger partial charge on any atom is 0.417 e. The van der Waals surface area contributed by atoms with Crippen LogP contribution in [0.4, 0.5) is 5.69 Å². The molecular weight excluding hydrogens is 384 g/mol. The van der Waals surface area contributed by atoms with Crippen LogP contribution in [0.25, 0.3) is 22.1 Å². The van der Waals surface area contributed by atoms with Crippen molar-refractivity contribution in [2.75, 3.05) is 11.3 Å². The highest BCUT2D eigenvalue weighted by atomic mass is 32.2. The molecule has 0 radical (unpaired) electrons. The Morgan fingerprint density at radius 3 is 2.82 bits per heavy atom. The van der Waals surface area contributed by atoms with Gasteiger partial charge in [0.2, 0.25) is 0 Å². The number of imidazole rings is 1. The Morgan fingerprint density at radius 2 is 2.00 bits per heavy atom. The van der Waals surface area contributed by atoms with Crippen molar-refractivity contribution in [3.8, 4) is 0 Å². The minimum atomic E-state index is -3.86. The van der Waals surface area contributed by atoms with Crippen LogP contribution in [0.2, 0.25) is 0 Å². The molecule has 1 saturated heterocycles. The van der Waals surface area contributed by atoms with Crippen LogP contribution in [0.3, 0.4) is 0 Å². The molecule has 10 heteroatoms. The highest BCUT2D eigenvalue weighted by Gasteiger charge is 2.21. The van der Waals surface area contributed by atoms with Crippen LogP contribution in [-0.2, 0) is 14.8 Å². The van der Waals surface area contributed by atoms with Crippen molar-refractivity contribution in [3.63, 3.8) is 0 Å². The van der Waals surface area contributed by atoms with Gasteiger partial charge in [0.05, 0.1) is 27.1 Å². The summed E-state index contributed by atoms with van der Waals surface area (Å²) in [5.41, 5.74) is 2.47. The average Bonchev–Trinajstić information content (AvgIpc) is 3.38. The number of aromatic nitrogens is 3. The zero-order valence-electron chi connectivity index (χ0n) is 14.6. The first-order chi connectivity index (χ1) is 13.5. The maximum atomic E-state index is 12.7. The molecule has 5 rings (SSSR count). The summed E-state index contributed by atoms with van der Waals surface area (Å²) in [6, 6.07) is 9.28. The molecule has 0 bridgehead atoms. The van der Waals surface area contributed by atoms with Gasteiger partial charge in [0.25, 0.3) is 10.0 Å². The van der Waals surface area contributed by atoms with Gasteiger partial charge in [-0.3, -0.25) is 9.71 Å². The monoisotopic (exact) mass is 400 g/mol. The molecule has 1 aliphatic heterocycles. The highest BCUT2D eigenvalue weighted by Crippen LogP contribution is 2.29. The van der Waals surface area contributed by atoms with E-state index >= 15 is 0 Å². The van der Waals surface area contributed by atoms with Gasteiger partial charge in [-0.15, -0.1) is 0 Å². The summed E-state index contributed by atoms with van der Waals surface area (Å²) in [6.07, 6.45) is 1.87. The lowest BCUT2D eigenvalue weighted by atomic mass is 10.2. The SMILES string of the molecule is O=c1[nH]c2ccc(S(=O)(=O)Nc3ccc4nc(C5CCCO5)[nH]c4c3)cc2o1. The van der Waals surface area contributed by atoms with E-state index in [4.69, 9.17) is 9.15 Å². The predicted molar refractivity (Wildman–Crippen MR) is 102 cm³/mol. The van der Waals surface area contributed by atoms with Gasteiger partial charge in [-0.05, 0) is 43.2 Å². The number of nitrogens with zero attached hydrogens (tertiary/aromatic N) is 1. The molecule has 2 aromatic heterocycles. The van der Waals surface area contributed by atoms with E-state index in [-0.39, 0.29) is 16.6 Å². The number of nitrogens with one attached hydrogen (secondary N) is 3. The summed E-state index contributed by atoms with van der Waals surface area (Å²) in [5, 5.41) is 0. The van der Waals surface area contributed by atoms with Crippen molar-refractivity contribution >= 4 is 37.8 Å². The van der Waals surface area contributed by atoms with Crippen LogP contribution in [0, 0.1) is 0 Å². The second-order valence-electron chi connectivity index (χ2n) is 6.63. The molecule has 1 atom stereocenters. The van der Waals surface area contributed by atoms with Crippen LogP contribution < -0.4 is 10.5 Å². The number of H-pyrrole nitrogens is 2. The first-order valence-corrected chi connectivity index (χ1v) is 10.2. The van der Waals surface area contributed by atoms with Crippen LogP contribution in [0.5, 0.6) is 0 Å². The number of fused-ring (bicyclic) bond motifs is 2. The first kappa shape index (κ1) is 17.0. The molecule has 1 fully saturated rings. The van der Waals surface area contributed by atoms with E-state index in [9.17, 15) is 13.2 Å². The Kier molecular flexibility index (Phi) is 3.78. The Balaban J connectivity index is 1.46. The number of oxazole rings is 1. The number of anilines is 1. The van der Waals surface area contributed by atoms with E-state index in [2.05, 4.69) is 19.7 Å². The summed E-state index contributed by atoms with van der Waals surface area (Å²) >= 11 is 0. The summed E-state index contributed by atoms with van der Waals surface area (Å²) in [5.74, 6) is 0.115. The third-order valence-electron chi connectivity index (χ3n) is 4.69. The number of aromatic amines is 2. The highest BCUT2D eigenvalue weighted by molar-refractivity contribution is 7.92. The third-order valence-corrected chi connectivity index (χ3v) is 6.07. The molecule has 3 N–H and O–H groups in total. The van der Waals surface area contributed by atoms with E-state index in [0.717, 1.165) is 36.3 Å². The summed E-state index contributed by atoms with van der Waals surface area (Å²) in [7, 11) is -3.86. The Labute approximate surface area is 158 Å². The molecule has 28 heavy (non-hydrogen) atoms. The molecule has 3 heterocycles. The Hall–Kier alpha value is -3.11. The van der Waals surface area contributed by atoms with Gasteiger partial charge in [0, 0.05) is 12.7 Å². The minimum Gasteiger partial charge on any atom is -0.408 e. The van der Waals surface area contributed by atoms with Gasteiger partial charge in [-0.1, -0.05) is 0 Å². The van der Waals surface area contributed by atoms with Crippen molar-refractivity contribution in [2.24, 2.45) is 0 Å². The van der Waals surface area contributed by atoms with Crippen LogP contribution in [0.1, 0.15) is 24.8 Å². The number of rotatable bonds is 4. The minimum absolute atomic E-state index is 0.00694. The molecule has 9 nitrogen and oxygen atoms in total. The largest absolute Gasteiger partial charge is 0.417 e. The van der Waals surface area contributed by atoms with Gasteiger partial charge in [-0.2, -0.15) is 0 Å². The van der Waals surface area contributed by atoms with Gasteiger partial charge < -0.3 is 14.1 Å². The lowest BCUT2D eigenvalue weighted by Gasteiger charge is -2.08. The second-order valence-corrected chi connectivity index (χ2v) is 8.32. The molecule has 2 aromatic carbocycles. The number of hydrogen-bond acceptors (Lipinski definition) is 6. The Morgan fingerprint density at radius 1 is 1.11 bits per heavy atom. The van der Waals surface area contributed by atoms with Gasteiger partial charge >= 0.3 is 5.76 Å². The quantitative estimate of drug-likeness (QED) is 0.483. The molecular formula is C18H16N4O5S. The van der Waals surface area contributed by atoms with Crippen molar-refractivity contribution in [1.82, 2.24) is 15.0 Å². The smallest absolute Gasteiger partial charge is 0.408 e. The predicted octanol–water partition coefficient (Wildman–Crippen LogP) is 2.65. The van der Waals surface area contributed by atoms with Crippen LogP contribution in [-0.4, -0.2) is 30.0 Å². The molecule has 1 aliphatic rings. The number of ether oxygens (including phenoxy) is 1. The number of hydrogen-bond donors (Lipinski definition) is 3. The fourth-order valence-electron chi connectivity index (χ4n) is 3.35. The van der Waals surface area contributed by atoms with E-state index in [1.54, 1.807) is 18.2 Å². The van der Waals surface area contributed by atoms with Crippen LogP contribution >= 0.6 is 0 Å². The van der Waals surface area contributed by atoms with Gasteiger partial charge in [0.15, 0.2) is 5.58 Å². The van der Waals surface area contributed by atoms with E-state index in [1.807, 2.05) is 0 Å². The zero-order chi connectivity index (χ0) is 19.3. The first-order valence-electron chi connectivity index (χ1n) is 8.75.